The second-order valence-corrected chi connectivity index (χ2v) is 3.62. The number of hydrogen-bond donors (Lipinski definition) is 2. The molecule has 0 saturated heterocycles. The Morgan fingerprint density at radius 3 is 2.67 bits per heavy atom. The van der Waals surface area contributed by atoms with Crippen LogP contribution in [0.4, 0.5) is 11.5 Å². The van der Waals surface area contributed by atoms with Gasteiger partial charge in [0.05, 0.1) is 0 Å². The summed E-state index contributed by atoms with van der Waals surface area (Å²) in [6, 6.07) is 4.52. The normalized spacial score (nSPS) is 10.5. The zero-order valence-corrected chi connectivity index (χ0v) is 9.70. The Balaban J connectivity index is 2.84. The number of nitrogens with zero attached hydrogens (tertiary/aromatic N) is 2. The number of hydrogen-bond acceptors (Lipinski definition) is 4. The highest BCUT2D eigenvalue weighted by Gasteiger charge is 2.11. The van der Waals surface area contributed by atoms with Gasteiger partial charge in [0, 0.05) is 31.0 Å². The summed E-state index contributed by atoms with van der Waals surface area (Å²) in [5, 5.41) is 0. The van der Waals surface area contributed by atoms with Crippen molar-refractivity contribution >= 4 is 11.5 Å². The molecule has 0 aliphatic heterocycles. The molecule has 0 amide bonds. The van der Waals surface area contributed by atoms with Gasteiger partial charge in [0.25, 0.3) is 0 Å². The van der Waals surface area contributed by atoms with Crippen LogP contribution in [0, 0.1) is 0 Å². The standard InChI is InChI=1S/C11H20N4/c1-4-9(5-2)15(3)10-6-7-13-11(8-10)14-12/h6-9H,4-5,12H2,1-3H3,(H,13,14). The van der Waals surface area contributed by atoms with Crippen LogP contribution in [0.3, 0.4) is 0 Å². The molecule has 0 aliphatic rings. The lowest BCUT2D eigenvalue weighted by Gasteiger charge is -2.28. The Kier molecular flexibility index (Phi) is 4.37. The average molecular weight is 208 g/mol. The van der Waals surface area contributed by atoms with Crippen LogP contribution in [0.5, 0.6) is 0 Å². The van der Waals surface area contributed by atoms with Crippen molar-refractivity contribution in [1.29, 1.82) is 0 Å². The summed E-state index contributed by atoms with van der Waals surface area (Å²) in [7, 11) is 2.10. The first kappa shape index (κ1) is 11.8. The van der Waals surface area contributed by atoms with Crippen molar-refractivity contribution in [2.24, 2.45) is 5.84 Å². The van der Waals surface area contributed by atoms with Crippen molar-refractivity contribution < 1.29 is 0 Å². The Morgan fingerprint density at radius 1 is 1.47 bits per heavy atom. The summed E-state index contributed by atoms with van der Waals surface area (Å²) in [5.41, 5.74) is 3.70. The van der Waals surface area contributed by atoms with E-state index in [1.54, 1.807) is 6.20 Å². The molecule has 3 N–H and O–H groups in total. The van der Waals surface area contributed by atoms with E-state index in [9.17, 15) is 0 Å². The number of anilines is 2. The minimum atomic E-state index is 0.568. The average Bonchev–Trinajstić information content (AvgIpc) is 2.30. The number of pyridine rings is 1. The van der Waals surface area contributed by atoms with Crippen LogP contribution in [0.15, 0.2) is 18.3 Å². The molecule has 0 aliphatic carbocycles. The van der Waals surface area contributed by atoms with Crippen LogP contribution in [-0.2, 0) is 0 Å². The highest BCUT2D eigenvalue weighted by atomic mass is 15.2. The van der Waals surface area contributed by atoms with E-state index in [0.29, 0.717) is 11.9 Å². The van der Waals surface area contributed by atoms with Gasteiger partial charge in [-0.1, -0.05) is 13.8 Å². The monoisotopic (exact) mass is 208 g/mol. The van der Waals surface area contributed by atoms with Crippen molar-refractivity contribution in [3.05, 3.63) is 18.3 Å². The maximum absolute atomic E-state index is 5.33. The summed E-state index contributed by atoms with van der Waals surface area (Å²) in [4.78, 5) is 6.35. The van der Waals surface area contributed by atoms with E-state index >= 15 is 0 Å². The molecule has 4 heteroatoms. The van der Waals surface area contributed by atoms with E-state index in [0.717, 1.165) is 18.5 Å². The van der Waals surface area contributed by atoms with Crippen LogP contribution in [-0.4, -0.2) is 18.1 Å². The van der Waals surface area contributed by atoms with Gasteiger partial charge in [0.1, 0.15) is 5.82 Å². The second kappa shape index (κ2) is 5.56. The molecular formula is C11H20N4. The van der Waals surface area contributed by atoms with Crippen molar-refractivity contribution in [1.82, 2.24) is 4.98 Å². The van der Waals surface area contributed by atoms with Crippen LogP contribution in [0.1, 0.15) is 26.7 Å². The largest absolute Gasteiger partial charge is 0.371 e. The summed E-state index contributed by atoms with van der Waals surface area (Å²) < 4.78 is 0. The Hall–Kier alpha value is -1.29. The molecule has 0 unspecified atom stereocenters. The topological polar surface area (TPSA) is 54.2 Å². The molecule has 0 bridgehead atoms. The highest BCUT2D eigenvalue weighted by molar-refractivity contribution is 5.53. The van der Waals surface area contributed by atoms with Crippen LogP contribution in [0.25, 0.3) is 0 Å². The van der Waals surface area contributed by atoms with Crippen LogP contribution >= 0.6 is 0 Å². The van der Waals surface area contributed by atoms with Gasteiger partial charge in [-0.3, -0.25) is 0 Å². The SMILES string of the molecule is CCC(CC)N(C)c1ccnc(NN)c1. The molecule has 0 fully saturated rings. The Labute approximate surface area is 91.5 Å². The van der Waals surface area contributed by atoms with Gasteiger partial charge >= 0.3 is 0 Å². The summed E-state index contributed by atoms with van der Waals surface area (Å²) in [6.45, 7) is 4.40. The zero-order chi connectivity index (χ0) is 11.3. The molecule has 0 aromatic carbocycles. The fourth-order valence-corrected chi connectivity index (χ4v) is 1.76. The van der Waals surface area contributed by atoms with Crippen molar-refractivity contribution in [2.45, 2.75) is 32.7 Å². The van der Waals surface area contributed by atoms with Crippen molar-refractivity contribution in [3.8, 4) is 0 Å². The lowest BCUT2D eigenvalue weighted by molar-refractivity contribution is 0.591. The molecule has 0 saturated carbocycles. The number of aromatic nitrogens is 1. The molecule has 0 spiro atoms. The van der Waals surface area contributed by atoms with E-state index in [-0.39, 0.29) is 0 Å². The van der Waals surface area contributed by atoms with Gasteiger partial charge in [-0.2, -0.15) is 0 Å². The van der Waals surface area contributed by atoms with Gasteiger partial charge in [-0.15, -0.1) is 0 Å². The number of nitrogens with two attached hydrogens (primary N) is 1. The maximum atomic E-state index is 5.33. The molecule has 15 heavy (non-hydrogen) atoms. The van der Waals surface area contributed by atoms with E-state index in [1.807, 2.05) is 12.1 Å². The van der Waals surface area contributed by atoms with Gasteiger partial charge in [-0.25, -0.2) is 10.8 Å². The number of rotatable bonds is 5. The molecule has 1 aromatic heterocycles. The molecular weight excluding hydrogens is 188 g/mol. The first-order chi connectivity index (χ1) is 7.22. The zero-order valence-electron chi connectivity index (χ0n) is 9.70. The first-order valence-electron chi connectivity index (χ1n) is 5.38. The highest BCUT2D eigenvalue weighted by Crippen LogP contribution is 2.20. The van der Waals surface area contributed by atoms with Crippen LogP contribution < -0.4 is 16.2 Å². The fourth-order valence-electron chi connectivity index (χ4n) is 1.76. The Morgan fingerprint density at radius 2 is 2.13 bits per heavy atom. The molecule has 1 aromatic rings. The molecule has 4 nitrogen and oxygen atoms in total. The summed E-state index contributed by atoms with van der Waals surface area (Å²) in [5.74, 6) is 6.03. The van der Waals surface area contributed by atoms with Crippen molar-refractivity contribution in [3.63, 3.8) is 0 Å². The van der Waals surface area contributed by atoms with Gasteiger partial charge < -0.3 is 10.3 Å². The predicted molar refractivity (Wildman–Crippen MR) is 64.8 cm³/mol. The number of nitrogens with one attached hydrogen (secondary N) is 1. The number of hydrazine groups is 1. The van der Waals surface area contributed by atoms with Crippen LogP contribution in [0.2, 0.25) is 0 Å². The minimum absolute atomic E-state index is 0.568. The lowest BCUT2D eigenvalue weighted by Crippen LogP contribution is -2.30. The third-order valence-corrected chi connectivity index (χ3v) is 2.79. The second-order valence-electron chi connectivity index (χ2n) is 3.62. The van der Waals surface area contributed by atoms with Gasteiger partial charge in [0.2, 0.25) is 0 Å². The fraction of sp³-hybridized carbons (Fsp3) is 0.545. The summed E-state index contributed by atoms with van der Waals surface area (Å²) >= 11 is 0. The smallest absolute Gasteiger partial charge is 0.141 e. The number of nitrogen functional groups attached to an aromatic ring is 1. The predicted octanol–water partition coefficient (Wildman–Crippen LogP) is 1.99. The molecule has 1 rings (SSSR count). The third-order valence-electron chi connectivity index (χ3n) is 2.79. The third kappa shape index (κ3) is 2.83. The first-order valence-corrected chi connectivity index (χ1v) is 5.38. The Bertz CT molecular complexity index is 296. The van der Waals surface area contributed by atoms with Gasteiger partial charge in [0.15, 0.2) is 0 Å². The van der Waals surface area contributed by atoms with E-state index in [1.165, 1.54) is 0 Å². The molecule has 0 atom stereocenters. The van der Waals surface area contributed by atoms with Gasteiger partial charge in [-0.05, 0) is 18.9 Å². The molecule has 1 heterocycles. The molecule has 84 valence electrons. The van der Waals surface area contributed by atoms with Crippen molar-refractivity contribution in [2.75, 3.05) is 17.4 Å². The quantitative estimate of drug-likeness (QED) is 0.574. The maximum Gasteiger partial charge on any atom is 0.141 e. The summed E-state index contributed by atoms with van der Waals surface area (Å²) in [6.07, 6.45) is 4.05. The lowest BCUT2D eigenvalue weighted by atomic mass is 10.1. The molecule has 0 radical (unpaired) electrons. The van der Waals surface area contributed by atoms with E-state index in [4.69, 9.17) is 5.84 Å². The van der Waals surface area contributed by atoms with E-state index < -0.39 is 0 Å². The van der Waals surface area contributed by atoms with E-state index in [2.05, 4.69) is 36.2 Å². The minimum Gasteiger partial charge on any atom is -0.371 e.